The van der Waals surface area contributed by atoms with Crippen LogP contribution in [0.1, 0.15) is 28.7 Å². The minimum Gasteiger partial charge on any atom is -0.485 e. The van der Waals surface area contributed by atoms with E-state index in [0.717, 1.165) is 17.9 Å². The van der Waals surface area contributed by atoms with E-state index in [1.54, 1.807) is 18.2 Å². The molecule has 1 aromatic carbocycles. The lowest BCUT2D eigenvalue weighted by molar-refractivity contribution is 0.0921. The van der Waals surface area contributed by atoms with Gasteiger partial charge in [0.05, 0.1) is 10.0 Å². The Hall–Kier alpha value is -1.45. The Morgan fingerprint density at radius 1 is 1.19 bits per heavy atom. The zero-order chi connectivity index (χ0) is 15.6. The van der Waals surface area contributed by atoms with Gasteiger partial charge in [0.15, 0.2) is 6.61 Å². The second kappa shape index (κ2) is 6.54. The molecule has 0 amide bonds. The maximum Gasteiger partial charge on any atom is 0.202 e. The number of aryl methyl sites for hydroxylation is 1. The van der Waals surface area contributed by atoms with Crippen molar-refractivity contribution in [3.63, 3.8) is 0 Å². The molecule has 0 aliphatic heterocycles. The van der Waals surface area contributed by atoms with Crippen molar-refractivity contribution in [3.05, 3.63) is 51.3 Å². The molecule has 0 atom stereocenters. The van der Waals surface area contributed by atoms with Gasteiger partial charge < -0.3 is 9.30 Å². The first-order chi connectivity index (χ1) is 9.93. The molecular formula is C16H17Cl2NO2. The van der Waals surface area contributed by atoms with Crippen molar-refractivity contribution < 1.29 is 9.53 Å². The minimum absolute atomic E-state index is 0.0219. The van der Waals surface area contributed by atoms with E-state index in [1.807, 2.05) is 19.9 Å². The van der Waals surface area contributed by atoms with Crippen LogP contribution in [-0.4, -0.2) is 17.0 Å². The Kier molecular flexibility index (Phi) is 4.96. The lowest BCUT2D eigenvalue weighted by Crippen LogP contribution is -2.12. The highest BCUT2D eigenvalue weighted by atomic mass is 35.5. The molecule has 0 spiro atoms. The summed E-state index contributed by atoms with van der Waals surface area (Å²) in [7, 11) is 0. The third-order valence-electron chi connectivity index (χ3n) is 3.45. The molecule has 0 fully saturated rings. The van der Waals surface area contributed by atoms with Gasteiger partial charge in [-0.25, -0.2) is 0 Å². The number of rotatable bonds is 5. The predicted octanol–water partition coefficient (Wildman–Crippen LogP) is 4.69. The molecule has 0 bridgehead atoms. The van der Waals surface area contributed by atoms with Crippen LogP contribution in [0.2, 0.25) is 10.0 Å². The normalized spacial score (nSPS) is 10.7. The number of aromatic nitrogens is 1. The van der Waals surface area contributed by atoms with Crippen LogP contribution >= 0.6 is 23.2 Å². The molecule has 2 aromatic rings. The SMILES string of the molecule is CCn1c(C)cc(C(=O)COc2ccc(Cl)c(Cl)c2)c1C. The number of carbonyl (C=O) groups excluding carboxylic acids is 1. The average Bonchev–Trinajstić information content (AvgIpc) is 2.74. The van der Waals surface area contributed by atoms with Crippen LogP contribution in [0.5, 0.6) is 5.75 Å². The van der Waals surface area contributed by atoms with Gasteiger partial charge in [0.1, 0.15) is 5.75 Å². The Bertz CT molecular complexity index is 677. The molecule has 1 aromatic heterocycles. The van der Waals surface area contributed by atoms with Crippen molar-refractivity contribution in [1.29, 1.82) is 0 Å². The molecule has 0 aliphatic rings. The van der Waals surface area contributed by atoms with Gasteiger partial charge >= 0.3 is 0 Å². The lowest BCUT2D eigenvalue weighted by atomic mass is 10.1. The summed E-state index contributed by atoms with van der Waals surface area (Å²) in [5.74, 6) is 0.482. The number of hydrogen-bond acceptors (Lipinski definition) is 2. The van der Waals surface area contributed by atoms with Crippen molar-refractivity contribution >= 4 is 29.0 Å². The summed E-state index contributed by atoms with van der Waals surface area (Å²) in [6.45, 7) is 6.82. The van der Waals surface area contributed by atoms with Crippen molar-refractivity contribution in [2.75, 3.05) is 6.61 Å². The highest BCUT2D eigenvalue weighted by molar-refractivity contribution is 6.42. The van der Waals surface area contributed by atoms with Gasteiger partial charge in [0.2, 0.25) is 5.78 Å². The molecule has 0 radical (unpaired) electrons. The van der Waals surface area contributed by atoms with Crippen LogP contribution in [0.3, 0.4) is 0 Å². The topological polar surface area (TPSA) is 31.2 Å². The highest BCUT2D eigenvalue weighted by Crippen LogP contribution is 2.26. The number of hydrogen-bond donors (Lipinski definition) is 0. The van der Waals surface area contributed by atoms with E-state index in [-0.39, 0.29) is 12.4 Å². The predicted molar refractivity (Wildman–Crippen MR) is 85.9 cm³/mol. The summed E-state index contributed by atoms with van der Waals surface area (Å²) in [6.07, 6.45) is 0. The molecule has 3 nitrogen and oxygen atoms in total. The molecule has 0 unspecified atom stereocenters. The van der Waals surface area contributed by atoms with Crippen molar-refractivity contribution in [1.82, 2.24) is 4.57 Å². The van der Waals surface area contributed by atoms with Crippen LogP contribution in [0.15, 0.2) is 24.3 Å². The fourth-order valence-electron chi connectivity index (χ4n) is 2.36. The maximum absolute atomic E-state index is 12.3. The zero-order valence-electron chi connectivity index (χ0n) is 12.2. The lowest BCUT2D eigenvalue weighted by Gasteiger charge is -2.08. The first-order valence-corrected chi connectivity index (χ1v) is 7.47. The molecule has 5 heteroatoms. The standard InChI is InChI=1S/C16H17Cl2NO2/c1-4-19-10(2)7-13(11(19)3)16(20)9-21-12-5-6-14(17)15(18)8-12/h5-8H,4,9H2,1-3H3. The van der Waals surface area contributed by atoms with Gasteiger partial charge in [0.25, 0.3) is 0 Å². The quantitative estimate of drug-likeness (QED) is 0.746. The number of ketones is 1. The molecule has 0 N–H and O–H groups in total. The van der Waals surface area contributed by atoms with E-state index in [1.165, 1.54) is 0 Å². The summed E-state index contributed by atoms with van der Waals surface area (Å²) in [6, 6.07) is 6.84. The van der Waals surface area contributed by atoms with Crippen LogP contribution in [0.25, 0.3) is 0 Å². The number of carbonyl (C=O) groups is 1. The third-order valence-corrected chi connectivity index (χ3v) is 4.19. The van der Waals surface area contributed by atoms with Gasteiger partial charge in [-0.05, 0) is 39.0 Å². The molecule has 0 aliphatic carbocycles. The van der Waals surface area contributed by atoms with Crippen molar-refractivity contribution in [3.8, 4) is 5.75 Å². The second-order valence-electron chi connectivity index (χ2n) is 4.82. The molecule has 2 rings (SSSR count). The Labute approximate surface area is 134 Å². The smallest absolute Gasteiger partial charge is 0.202 e. The number of Topliss-reactive ketones (excluding diaryl/α,β-unsaturated/α-hetero) is 1. The molecular weight excluding hydrogens is 309 g/mol. The number of nitrogens with zero attached hydrogens (tertiary/aromatic N) is 1. The third kappa shape index (κ3) is 3.42. The van der Waals surface area contributed by atoms with E-state index < -0.39 is 0 Å². The number of ether oxygens (including phenoxy) is 1. The molecule has 1 heterocycles. The Morgan fingerprint density at radius 3 is 2.48 bits per heavy atom. The minimum atomic E-state index is -0.0473. The van der Waals surface area contributed by atoms with Gasteiger partial charge in [-0.1, -0.05) is 23.2 Å². The average molecular weight is 326 g/mol. The van der Waals surface area contributed by atoms with E-state index in [9.17, 15) is 4.79 Å². The van der Waals surface area contributed by atoms with Gasteiger partial charge in [-0.3, -0.25) is 4.79 Å². The maximum atomic E-state index is 12.3. The van der Waals surface area contributed by atoms with E-state index in [2.05, 4.69) is 11.5 Å². The highest BCUT2D eigenvalue weighted by Gasteiger charge is 2.15. The largest absolute Gasteiger partial charge is 0.485 e. The summed E-state index contributed by atoms with van der Waals surface area (Å²) >= 11 is 11.8. The Morgan fingerprint density at radius 2 is 1.90 bits per heavy atom. The zero-order valence-corrected chi connectivity index (χ0v) is 13.8. The molecule has 0 saturated heterocycles. The van der Waals surface area contributed by atoms with Gasteiger partial charge in [0, 0.05) is 29.6 Å². The van der Waals surface area contributed by atoms with E-state index >= 15 is 0 Å². The van der Waals surface area contributed by atoms with Crippen LogP contribution < -0.4 is 4.74 Å². The molecule has 21 heavy (non-hydrogen) atoms. The van der Waals surface area contributed by atoms with Gasteiger partial charge in [-0.2, -0.15) is 0 Å². The Balaban J connectivity index is 2.10. The van der Waals surface area contributed by atoms with Gasteiger partial charge in [-0.15, -0.1) is 0 Å². The first kappa shape index (κ1) is 15.9. The van der Waals surface area contributed by atoms with Crippen LogP contribution in [0.4, 0.5) is 0 Å². The van der Waals surface area contributed by atoms with Crippen LogP contribution in [0, 0.1) is 13.8 Å². The fourth-order valence-corrected chi connectivity index (χ4v) is 2.65. The second-order valence-corrected chi connectivity index (χ2v) is 5.63. The molecule has 112 valence electrons. The summed E-state index contributed by atoms with van der Waals surface area (Å²) in [5.41, 5.74) is 2.75. The van der Waals surface area contributed by atoms with Crippen molar-refractivity contribution in [2.45, 2.75) is 27.3 Å². The van der Waals surface area contributed by atoms with E-state index in [4.69, 9.17) is 27.9 Å². The summed E-state index contributed by atoms with van der Waals surface area (Å²) in [5, 5.41) is 0.868. The monoisotopic (exact) mass is 325 g/mol. The van der Waals surface area contributed by atoms with E-state index in [0.29, 0.717) is 21.4 Å². The van der Waals surface area contributed by atoms with Crippen molar-refractivity contribution in [2.24, 2.45) is 0 Å². The fraction of sp³-hybridized carbons (Fsp3) is 0.312. The first-order valence-electron chi connectivity index (χ1n) is 6.71. The summed E-state index contributed by atoms with van der Waals surface area (Å²) in [4.78, 5) is 12.3. The number of halogens is 2. The summed E-state index contributed by atoms with van der Waals surface area (Å²) < 4.78 is 7.60. The molecule has 0 saturated carbocycles. The number of benzene rings is 1. The van der Waals surface area contributed by atoms with Crippen LogP contribution in [-0.2, 0) is 6.54 Å².